The molecule has 8 nitrogen and oxygen atoms in total. The predicted octanol–water partition coefficient (Wildman–Crippen LogP) is 3.87. The third-order valence-electron chi connectivity index (χ3n) is 6.44. The number of anilines is 1. The van der Waals surface area contributed by atoms with E-state index in [2.05, 4.69) is 20.2 Å². The highest BCUT2D eigenvalue weighted by atomic mass is 35.5. The number of methoxy groups -OCH3 is 1. The minimum Gasteiger partial charge on any atom is -0.493 e. The van der Waals surface area contributed by atoms with Crippen molar-refractivity contribution < 1.29 is 13.9 Å². The van der Waals surface area contributed by atoms with Gasteiger partial charge in [0.1, 0.15) is 17.4 Å². The van der Waals surface area contributed by atoms with Crippen molar-refractivity contribution in [2.75, 3.05) is 51.8 Å². The van der Waals surface area contributed by atoms with Crippen LogP contribution in [0.1, 0.15) is 18.1 Å². The van der Waals surface area contributed by atoms with Crippen molar-refractivity contribution in [1.29, 1.82) is 0 Å². The molecule has 0 radical (unpaired) electrons. The number of nitrogens with zero attached hydrogens (tertiary/aromatic N) is 4. The van der Waals surface area contributed by atoms with E-state index in [0.29, 0.717) is 36.9 Å². The van der Waals surface area contributed by atoms with Gasteiger partial charge in [-0.2, -0.15) is 5.10 Å². The number of piperazine rings is 1. The van der Waals surface area contributed by atoms with Crippen LogP contribution in [0.4, 0.5) is 10.1 Å². The molecular weight excluding hydrogens is 497 g/mol. The number of aryl methyl sites for hydroxylation is 1. The summed E-state index contributed by atoms with van der Waals surface area (Å²) in [5.74, 6) is 1.13. The summed E-state index contributed by atoms with van der Waals surface area (Å²) >= 11 is 6.22. The molecule has 0 aliphatic carbocycles. The van der Waals surface area contributed by atoms with Gasteiger partial charge in [-0.05, 0) is 42.3 Å². The molecule has 10 heteroatoms. The Morgan fingerprint density at radius 3 is 2.43 bits per heavy atom. The first-order valence-electron chi connectivity index (χ1n) is 12.4. The number of hydrogen-bond acceptors (Lipinski definition) is 7. The van der Waals surface area contributed by atoms with Crippen molar-refractivity contribution in [3.63, 3.8) is 0 Å². The Labute approximate surface area is 221 Å². The maximum absolute atomic E-state index is 13.1. The molecule has 0 amide bonds. The molecule has 1 N–H and O–H groups in total. The molecule has 198 valence electrons. The number of benzene rings is 2. The average Bonchev–Trinajstić information content (AvgIpc) is 2.92. The third kappa shape index (κ3) is 7.21. The van der Waals surface area contributed by atoms with Gasteiger partial charge in [0, 0.05) is 52.4 Å². The van der Waals surface area contributed by atoms with Crippen LogP contribution in [0.5, 0.6) is 11.5 Å². The molecule has 0 spiro atoms. The molecule has 4 rings (SSSR count). The lowest BCUT2D eigenvalue weighted by Gasteiger charge is -2.34. The van der Waals surface area contributed by atoms with E-state index in [1.54, 1.807) is 13.3 Å². The highest BCUT2D eigenvalue weighted by Crippen LogP contribution is 2.29. The second-order valence-electron chi connectivity index (χ2n) is 8.92. The van der Waals surface area contributed by atoms with Crippen LogP contribution >= 0.6 is 11.6 Å². The SMILES string of the molecule is CCn1ncc(NCc2ccc(OC)c(OCCN3CCN(Cc4ccc(F)cc4)CC3)c2)c(Cl)c1=O. The van der Waals surface area contributed by atoms with Crippen LogP contribution < -0.4 is 20.3 Å². The van der Waals surface area contributed by atoms with Gasteiger partial charge in [0.2, 0.25) is 0 Å². The summed E-state index contributed by atoms with van der Waals surface area (Å²) in [4.78, 5) is 17.0. The first-order valence-corrected chi connectivity index (χ1v) is 12.8. The van der Waals surface area contributed by atoms with Gasteiger partial charge in [-0.1, -0.05) is 29.8 Å². The number of hydrogen-bond donors (Lipinski definition) is 1. The monoisotopic (exact) mass is 529 g/mol. The van der Waals surface area contributed by atoms with Crippen molar-refractivity contribution in [2.24, 2.45) is 0 Å². The summed E-state index contributed by atoms with van der Waals surface area (Å²) < 4.78 is 26.0. The summed E-state index contributed by atoms with van der Waals surface area (Å²) in [7, 11) is 1.62. The molecule has 2 aromatic carbocycles. The second-order valence-corrected chi connectivity index (χ2v) is 9.30. The van der Waals surface area contributed by atoms with Gasteiger partial charge in [0.05, 0.1) is 19.0 Å². The predicted molar refractivity (Wildman–Crippen MR) is 143 cm³/mol. The Balaban J connectivity index is 1.26. The molecule has 0 bridgehead atoms. The molecule has 1 saturated heterocycles. The van der Waals surface area contributed by atoms with Gasteiger partial charge in [-0.15, -0.1) is 0 Å². The van der Waals surface area contributed by atoms with E-state index in [1.165, 1.54) is 16.8 Å². The number of aromatic nitrogens is 2. The summed E-state index contributed by atoms with van der Waals surface area (Å²) in [6.45, 7) is 8.77. The second kappa shape index (κ2) is 12.9. The van der Waals surface area contributed by atoms with Gasteiger partial charge in [-0.3, -0.25) is 14.6 Å². The fourth-order valence-electron chi connectivity index (χ4n) is 4.26. The van der Waals surface area contributed by atoms with E-state index in [9.17, 15) is 9.18 Å². The van der Waals surface area contributed by atoms with E-state index in [-0.39, 0.29) is 16.4 Å². The number of nitrogens with one attached hydrogen (secondary N) is 1. The maximum Gasteiger partial charge on any atom is 0.287 e. The zero-order valence-electron chi connectivity index (χ0n) is 21.3. The standard InChI is InChI=1S/C27H33ClFN5O3/c1-3-34-27(35)26(28)23(18-31-34)30-17-21-6-9-24(36-2)25(16-21)37-15-14-32-10-12-33(13-11-32)19-20-4-7-22(29)8-5-20/h4-9,16,18,30H,3,10-15,17,19H2,1-2H3. The van der Waals surface area contributed by atoms with Crippen LogP contribution in [0.3, 0.4) is 0 Å². The van der Waals surface area contributed by atoms with Crippen LogP contribution in [-0.4, -0.2) is 66.0 Å². The molecule has 1 aliphatic heterocycles. The molecular formula is C27H33ClFN5O3. The van der Waals surface area contributed by atoms with Gasteiger partial charge in [0.25, 0.3) is 5.56 Å². The molecule has 1 aliphatic rings. The Morgan fingerprint density at radius 2 is 1.73 bits per heavy atom. The third-order valence-corrected chi connectivity index (χ3v) is 6.81. The summed E-state index contributed by atoms with van der Waals surface area (Å²) in [6, 6.07) is 12.5. The van der Waals surface area contributed by atoms with Crippen LogP contribution in [-0.2, 0) is 19.6 Å². The number of rotatable bonds is 11. The number of ether oxygens (including phenoxy) is 2. The largest absolute Gasteiger partial charge is 0.493 e. The summed E-state index contributed by atoms with van der Waals surface area (Å²) in [5.41, 5.74) is 2.27. The highest BCUT2D eigenvalue weighted by Gasteiger charge is 2.17. The zero-order valence-corrected chi connectivity index (χ0v) is 22.0. The van der Waals surface area contributed by atoms with Crippen LogP contribution in [0.2, 0.25) is 5.02 Å². The molecule has 0 saturated carbocycles. The van der Waals surface area contributed by atoms with Gasteiger partial charge in [0.15, 0.2) is 11.5 Å². The molecule has 0 atom stereocenters. The molecule has 1 aromatic heterocycles. The van der Waals surface area contributed by atoms with E-state index >= 15 is 0 Å². The smallest absolute Gasteiger partial charge is 0.287 e. The first-order chi connectivity index (χ1) is 18.0. The Kier molecular flexibility index (Phi) is 9.38. The Morgan fingerprint density at radius 1 is 1.03 bits per heavy atom. The zero-order chi connectivity index (χ0) is 26.2. The fourth-order valence-corrected chi connectivity index (χ4v) is 4.47. The van der Waals surface area contributed by atoms with Gasteiger partial charge >= 0.3 is 0 Å². The van der Waals surface area contributed by atoms with E-state index in [1.807, 2.05) is 37.3 Å². The minimum absolute atomic E-state index is 0.125. The average molecular weight is 530 g/mol. The maximum atomic E-state index is 13.1. The number of halogens is 2. The first kappa shape index (κ1) is 26.9. The fraction of sp³-hybridized carbons (Fsp3) is 0.407. The van der Waals surface area contributed by atoms with Crippen LogP contribution in [0, 0.1) is 5.82 Å². The minimum atomic E-state index is -0.316. The van der Waals surface area contributed by atoms with E-state index < -0.39 is 0 Å². The van der Waals surface area contributed by atoms with Crippen molar-refractivity contribution >= 4 is 17.3 Å². The topological polar surface area (TPSA) is 71.9 Å². The molecule has 37 heavy (non-hydrogen) atoms. The highest BCUT2D eigenvalue weighted by molar-refractivity contribution is 6.32. The van der Waals surface area contributed by atoms with Gasteiger partial charge in [-0.25, -0.2) is 9.07 Å². The normalized spacial score (nSPS) is 14.5. The summed E-state index contributed by atoms with van der Waals surface area (Å²) in [6.07, 6.45) is 1.56. The lowest BCUT2D eigenvalue weighted by atomic mass is 10.2. The van der Waals surface area contributed by atoms with Gasteiger partial charge < -0.3 is 14.8 Å². The Hall–Kier alpha value is -3.14. The molecule has 2 heterocycles. The van der Waals surface area contributed by atoms with Crippen molar-refractivity contribution in [3.8, 4) is 11.5 Å². The lowest BCUT2D eigenvalue weighted by Crippen LogP contribution is -2.47. The molecule has 0 unspecified atom stereocenters. The summed E-state index contributed by atoms with van der Waals surface area (Å²) in [5, 5.41) is 7.43. The van der Waals surface area contributed by atoms with Crippen molar-refractivity contribution in [2.45, 2.75) is 26.6 Å². The van der Waals surface area contributed by atoms with E-state index in [4.69, 9.17) is 21.1 Å². The quantitative estimate of drug-likeness (QED) is 0.404. The molecule has 3 aromatic rings. The van der Waals surface area contributed by atoms with Crippen molar-refractivity contribution in [3.05, 3.63) is 81.0 Å². The molecule has 1 fully saturated rings. The Bertz CT molecular complexity index is 1230. The van der Waals surface area contributed by atoms with E-state index in [0.717, 1.165) is 50.4 Å². The van der Waals surface area contributed by atoms with Crippen LogP contribution in [0.25, 0.3) is 0 Å². The lowest BCUT2D eigenvalue weighted by molar-refractivity contribution is 0.112. The van der Waals surface area contributed by atoms with Crippen molar-refractivity contribution in [1.82, 2.24) is 19.6 Å². The van der Waals surface area contributed by atoms with Crippen LogP contribution in [0.15, 0.2) is 53.5 Å².